The van der Waals surface area contributed by atoms with Gasteiger partial charge in [-0.25, -0.2) is 8.78 Å². The molecule has 0 spiro atoms. The van der Waals surface area contributed by atoms with E-state index in [1.165, 1.54) is 31.5 Å². The van der Waals surface area contributed by atoms with E-state index in [-0.39, 0.29) is 10.9 Å². The molecule has 0 saturated carbocycles. The third kappa shape index (κ3) is 2.38. The second-order valence-corrected chi connectivity index (χ2v) is 6.39. The molecule has 0 aliphatic heterocycles. The average molecular weight is 204 g/mol. The van der Waals surface area contributed by atoms with Crippen molar-refractivity contribution >= 4 is 12.4 Å². The van der Waals surface area contributed by atoms with Gasteiger partial charge in [-0.3, -0.25) is 0 Å². The first-order valence-electron chi connectivity index (χ1n) is 3.85. The molecule has 1 nitrogen and oxygen atoms in total. The van der Waals surface area contributed by atoms with Gasteiger partial charge in [0.2, 0.25) is 0 Å². The maximum Gasteiger partial charge on any atom is 0.264 e. The van der Waals surface area contributed by atoms with Crippen molar-refractivity contribution in [3.8, 4) is 0 Å². The van der Waals surface area contributed by atoms with Gasteiger partial charge >= 0.3 is 0 Å². The Hall–Kier alpha value is -0.690. The number of rotatable bonds is 2. The van der Waals surface area contributed by atoms with Crippen molar-refractivity contribution in [2.45, 2.75) is 6.43 Å². The average Bonchev–Trinajstić information content (AvgIpc) is 2.03. The molecule has 0 fully saturated rings. The van der Waals surface area contributed by atoms with Crippen molar-refractivity contribution in [1.29, 1.82) is 0 Å². The summed E-state index contributed by atoms with van der Waals surface area (Å²) in [5, 5.41) is 0.282. The maximum absolute atomic E-state index is 12.4. The van der Waals surface area contributed by atoms with Gasteiger partial charge in [0.25, 0.3) is 6.43 Å². The number of halogens is 2. The number of hydrogen-bond acceptors (Lipinski definition) is 1. The van der Waals surface area contributed by atoms with Crippen molar-refractivity contribution in [1.82, 2.24) is 0 Å². The first-order valence-corrected chi connectivity index (χ1v) is 6.45. The molecule has 1 rings (SSSR count). The Morgan fingerprint density at radius 2 is 1.77 bits per heavy atom. The number of hydrogen-bond donors (Lipinski definition) is 0. The van der Waals surface area contributed by atoms with Crippen molar-refractivity contribution in [2.24, 2.45) is 0 Å². The van der Waals surface area contributed by atoms with Crippen LogP contribution in [0.1, 0.15) is 12.0 Å². The van der Waals surface area contributed by atoms with Crippen molar-refractivity contribution in [2.75, 3.05) is 13.3 Å². The topological polar surface area (TPSA) is 17.1 Å². The van der Waals surface area contributed by atoms with Crippen molar-refractivity contribution < 1.29 is 13.3 Å². The number of alkyl halides is 2. The largest absolute Gasteiger partial charge is 0.319 e. The van der Waals surface area contributed by atoms with Crippen LogP contribution in [0.2, 0.25) is 0 Å². The second kappa shape index (κ2) is 3.59. The lowest BCUT2D eigenvalue weighted by Gasteiger charge is -2.11. The molecule has 0 saturated heterocycles. The van der Waals surface area contributed by atoms with E-state index in [9.17, 15) is 13.3 Å². The highest BCUT2D eigenvalue weighted by atomic mass is 31.2. The molecule has 4 heteroatoms. The third-order valence-corrected chi connectivity index (χ3v) is 3.32. The molecular weight excluding hydrogens is 193 g/mol. The van der Waals surface area contributed by atoms with Gasteiger partial charge in [0.05, 0.1) is 0 Å². The summed E-state index contributed by atoms with van der Waals surface area (Å²) in [7, 11) is -2.59. The van der Waals surface area contributed by atoms with Gasteiger partial charge in [-0.1, -0.05) is 24.3 Å². The monoisotopic (exact) mass is 204 g/mol. The van der Waals surface area contributed by atoms with Crippen LogP contribution in [0.5, 0.6) is 0 Å². The molecular formula is C9H11F2OP. The summed E-state index contributed by atoms with van der Waals surface area (Å²) in [5.74, 6) is 0. The lowest BCUT2D eigenvalue weighted by atomic mass is 10.2. The Morgan fingerprint density at radius 1 is 1.23 bits per heavy atom. The summed E-state index contributed by atoms with van der Waals surface area (Å²) >= 11 is 0. The fourth-order valence-corrected chi connectivity index (χ4v) is 2.40. The van der Waals surface area contributed by atoms with E-state index >= 15 is 0 Å². The van der Waals surface area contributed by atoms with Crippen LogP contribution < -0.4 is 5.30 Å². The quantitative estimate of drug-likeness (QED) is 0.677. The minimum absolute atomic E-state index is 0.115. The fourth-order valence-electron chi connectivity index (χ4n) is 1.16. The SMILES string of the molecule is CP(C)(=O)c1ccccc1C(F)F. The van der Waals surface area contributed by atoms with E-state index in [0.29, 0.717) is 0 Å². The minimum Gasteiger partial charge on any atom is -0.319 e. The molecule has 13 heavy (non-hydrogen) atoms. The summed E-state index contributed by atoms with van der Waals surface area (Å²) in [6.45, 7) is 2.99. The predicted molar refractivity (Wildman–Crippen MR) is 50.5 cm³/mol. The lowest BCUT2D eigenvalue weighted by molar-refractivity contribution is 0.152. The van der Waals surface area contributed by atoms with Gasteiger partial charge in [0.15, 0.2) is 0 Å². The lowest BCUT2D eigenvalue weighted by Crippen LogP contribution is -2.10. The van der Waals surface area contributed by atoms with Crippen LogP contribution in [0.3, 0.4) is 0 Å². The standard InChI is InChI=1S/C9H11F2OP/c1-13(2,12)8-6-4-3-5-7(8)9(10)11/h3-6,9H,1-2H3. The maximum atomic E-state index is 12.4. The molecule has 0 bridgehead atoms. The van der Waals surface area contributed by atoms with Crippen LogP contribution in [0.4, 0.5) is 8.78 Å². The molecule has 0 aliphatic carbocycles. The molecule has 72 valence electrons. The van der Waals surface area contributed by atoms with Gasteiger partial charge < -0.3 is 4.57 Å². The van der Waals surface area contributed by atoms with Crippen LogP contribution >= 0.6 is 7.14 Å². The Morgan fingerprint density at radius 3 is 2.15 bits per heavy atom. The zero-order valence-electron chi connectivity index (χ0n) is 7.50. The Balaban J connectivity index is 3.29. The van der Waals surface area contributed by atoms with Crippen LogP contribution in [-0.4, -0.2) is 13.3 Å². The molecule has 0 atom stereocenters. The summed E-state index contributed by atoms with van der Waals surface area (Å²) in [4.78, 5) is 0. The van der Waals surface area contributed by atoms with Gasteiger partial charge in [0.1, 0.15) is 7.14 Å². The zero-order chi connectivity index (χ0) is 10.1. The van der Waals surface area contributed by atoms with Gasteiger partial charge in [0, 0.05) is 10.9 Å². The molecule has 0 aromatic heterocycles. The summed E-state index contributed by atoms with van der Waals surface area (Å²) in [5.41, 5.74) is -0.115. The molecule has 0 heterocycles. The summed E-state index contributed by atoms with van der Waals surface area (Å²) in [6, 6.07) is 5.98. The van der Waals surface area contributed by atoms with Crippen molar-refractivity contribution in [3.63, 3.8) is 0 Å². The fraction of sp³-hybridized carbons (Fsp3) is 0.333. The first kappa shape index (κ1) is 10.4. The van der Waals surface area contributed by atoms with Gasteiger partial charge in [-0.15, -0.1) is 0 Å². The van der Waals surface area contributed by atoms with Crippen LogP contribution in [0.15, 0.2) is 24.3 Å². The van der Waals surface area contributed by atoms with E-state index in [0.717, 1.165) is 0 Å². The van der Waals surface area contributed by atoms with Crippen LogP contribution in [0, 0.1) is 0 Å². The second-order valence-electron chi connectivity index (χ2n) is 3.21. The Kier molecular flexibility index (Phi) is 2.87. The minimum atomic E-state index is -2.59. The van der Waals surface area contributed by atoms with E-state index in [2.05, 4.69) is 0 Å². The molecule has 1 aromatic rings. The highest BCUT2D eigenvalue weighted by molar-refractivity contribution is 7.70. The van der Waals surface area contributed by atoms with E-state index in [1.54, 1.807) is 6.07 Å². The Bertz CT molecular complexity index is 343. The smallest absolute Gasteiger partial charge is 0.264 e. The summed E-state index contributed by atoms with van der Waals surface area (Å²) in [6.07, 6.45) is -2.55. The molecule has 0 unspecified atom stereocenters. The molecule has 0 amide bonds. The molecule has 1 aromatic carbocycles. The van der Waals surface area contributed by atoms with E-state index < -0.39 is 13.6 Å². The zero-order valence-corrected chi connectivity index (χ0v) is 8.39. The van der Waals surface area contributed by atoms with Gasteiger partial charge in [-0.2, -0.15) is 0 Å². The van der Waals surface area contributed by atoms with Crippen LogP contribution in [0.25, 0.3) is 0 Å². The van der Waals surface area contributed by atoms with E-state index in [1.807, 2.05) is 0 Å². The summed E-state index contributed by atoms with van der Waals surface area (Å²) < 4.78 is 36.5. The van der Waals surface area contributed by atoms with Crippen LogP contribution in [-0.2, 0) is 4.57 Å². The highest BCUT2D eigenvalue weighted by Gasteiger charge is 2.20. The normalized spacial score (nSPS) is 12.1. The molecule has 0 aliphatic rings. The first-order chi connectivity index (χ1) is 5.93. The highest BCUT2D eigenvalue weighted by Crippen LogP contribution is 2.38. The number of benzene rings is 1. The van der Waals surface area contributed by atoms with Crippen molar-refractivity contribution in [3.05, 3.63) is 29.8 Å². The van der Waals surface area contributed by atoms with Gasteiger partial charge in [-0.05, 0) is 13.3 Å². The van der Waals surface area contributed by atoms with E-state index in [4.69, 9.17) is 0 Å². The predicted octanol–water partition coefficient (Wildman–Crippen LogP) is 2.87. The Labute approximate surface area is 76.1 Å². The molecule has 0 N–H and O–H groups in total. The molecule has 0 radical (unpaired) electrons. The third-order valence-electron chi connectivity index (χ3n) is 1.75.